The summed E-state index contributed by atoms with van der Waals surface area (Å²) in [7, 11) is 1.84. The Hall–Kier alpha value is -0.810. The van der Waals surface area contributed by atoms with Gasteiger partial charge >= 0.3 is 5.97 Å². The molecule has 5 nitrogen and oxygen atoms in total. The molecule has 0 aliphatic heterocycles. The molecule has 4 saturated carbocycles. The summed E-state index contributed by atoms with van der Waals surface area (Å²) in [6.45, 7) is 4.45. The highest BCUT2D eigenvalue weighted by Gasteiger charge is 2.66. The van der Waals surface area contributed by atoms with Gasteiger partial charge in [-0.1, -0.05) is 19.8 Å². The van der Waals surface area contributed by atoms with Crippen LogP contribution in [0.5, 0.6) is 0 Å². The first-order valence-corrected chi connectivity index (χ1v) is 12.4. The van der Waals surface area contributed by atoms with Gasteiger partial charge in [0.15, 0.2) is 0 Å². The third kappa shape index (κ3) is 3.30. The summed E-state index contributed by atoms with van der Waals surface area (Å²) in [5.41, 5.74) is -0.892. The number of amides is 1. The first-order chi connectivity index (χ1) is 14.2. The average Bonchev–Trinajstić information content (AvgIpc) is 3.03. The number of ether oxygens (including phenoxy) is 1. The highest BCUT2D eigenvalue weighted by molar-refractivity contribution is 6.27. The summed E-state index contributed by atoms with van der Waals surface area (Å²) in [5.74, 6) is 1.23. The second-order valence-electron chi connectivity index (χ2n) is 10.9. The molecule has 0 heterocycles. The van der Waals surface area contributed by atoms with Crippen molar-refractivity contribution in [1.82, 2.24) is 4.90 Å². The predicted octanol–water partition coefficient (Wildman–Crippen LogP) is 4.14. The van der Waals surface area contributed by atoms with Crippen LogP contribution in [0.15, 0.2) is 0 Å². The van der Waals surface area contributed by atoms with Gasteiger partial charge in [-0.05, 0) is 69.1 Å². The molecule has 0 bridgehead atoms. The number of rotatable bonds is 4. The van der Waals surface area contributed by atoms with E-state index in [1.165, 1.54) is 6.92 Å². The van der Waals surface area contributed by atoms with Crippen molar-refractivity contribution in [3.8, 4) is 0 Å². The van der Waals surface area contributed by atoms with Crippen LogP contribution in [-0.4, -0.2) is 53.1 Å². The van der Waals surface area contributed by atoms with Crippen LogP contribution in [0.4, 0.5) is 0 Å². The number of carbonyl (C=O) groups excluding carboxylic acids is 2. The molecule has 7 atom stereocenters. The lowest BCUT2D eigenvalue weighted by atomic mass is 9.43. The Morgan fingerprint density at radius 1 is 1.07 bits per heavy atom. The number of nitrogens with zero attached hydrogens (tertiary/aromatic N) is 1. The molecule has 0 radical (unpaired) electrons. The van der Waals surface area contributed by atoms with Gasteiger partial charge in [-0.25, -0.2) is 0 Å². The van der Waals surface area contributed by atoms with Crippen molar-refractivity contribution < 1.29 is 19.4 Å². The Morgan fingerprint density at radius 2 is 1.80 bits per heavy atom. The first kappa shape index (κ1) is 22.4. The zero-order valence-electron chi connectivity index (χ0n) is 18.8. The van der Waals surface area contributed by atoms with Gasteiger partial charge in [0, 0.05) is 31.3 Å². The molecule has 170 valence electrons. The van der Waals surface area contributed by atoms with E-state index >= 15 is 0 Å². The molecule has 4 aliphatic carbocycles. The average molecular weight is 440 g/mol. The van der Waals surface area contributed by atoms with Crippen LogP contribution < -0.4 is 0 Å². The van der Waals surface area contributed by atoms with E-state index in [1.54, 1.807) is 4.90 Å². The Morgan fingerprint density at radius 3 is 2.50 bits per heavy atom. The summed E-state index contributed by atoms with van der Waals surface area (Å²) >= 11 is 5.86. The molecule has 4 rings (SSSR count). The molecule has 6 heteroatoms. The number of alkyl halides is 1. The van der Waals surface area contributed by atoms with Gasteiger partial charge < -0.3 is 14.7 Å². The number of hydrogen-bond donors (Lipinski definition) is 1. The molecule has 0 spiro atoms. The van der Waals surface area contributed by atoms with Gasteiger partial charge in [0.1, 0.15) is 12.0 Å². The van der Waals surface area contributed by atoms with Crippen molar-refractivity contribution in [1.29, 1.82) is 0 Å². The quantitative estimate of drug-likeness (QED) is 0.528. The maximum atomic E-state index is 12.4. The van der Waals surface area contributed by atoms with Gasteiger partial charge in [-0.2, -0.15) is 0 Å². The molecular weight excluding hydrogens is 402 g/mol. The number of aliphatic hydroxyl groups is 1. The molecule has 1 amide bonds. The van der Waals surface area contributed by atoms with Gasteiger partial charge in [0.2, 0.25) is 5.91 Å². The summed E-state index contributed by atoms with van der Waals surface area (Å²) in [4.78, 5) is 25.8. The van der Waals surface area contributed by atoms with E-state index in [2.05, 4.69) is 6.92 Å². The Kier molecular flexibility index (Phi) is 5.93. The highest BCUT2D eigenvalue weighted by Crippen LogP contribution is 2.67. The molecule has 4 fully saturated rings. The highest BCUT2D eigenvalue weighted by atomic mass is 35.5. The minimum atomic E-state index is -0.686. The maximum Gasteiger partial charge on any atom is 0.302 e. The number of fused-ring (bicyclic) bond motifs is 5. The lowest BCUT2D eigenvalue weighted by Gasteiger charge is -2.65. The van der Waals surface area contributed by atoms with Crippen LogP contribution in [-0.2, 0) is 14.3 Å². The number of hydrogen-bond acceptors (Lipinski definition) is 4. The summed E-state index contributed by atoms with van der Waals surface area (Å²) < 4.78 is 5.77. The lowest BCUT2D eigenvalue weighted by Crippen LogP contribution is -2.66. The van der Waals surface area contributed by atoms with Crippen LogP contribution in [0.25, 0.3) is 0 Å². The second kappa shape index (κ2) is 7.95. The van der Waals surface area contributed by atoms with E-state index in [0.717, 1.165) is 64.2 Å². The zero-order chi connectivity index (χ0) is 21.7. The van der Waals surface area contributed by atoms with Crippen LogP contribution in [0.1, 0.15) is 78.1 Å². The monoisotopic (exact) mass is 439 g/mol. The van der Waals surface area contributed by atoms with Gasteiger partial charge in [-0.15, -0.1) is 11.6 Å². The largest absolute Gasteiger partial charge is 0.462 e. The van der Waals surface area contributed by atoms with E-state index in [0.29, 0.717) is 24.3 Å². The van der Waals surface area contributed by atoms with Crippen molar-refractivity contribution in [2.45, 2.75) is 89.8 Å². The molecule has 0 aromatic carbocycles. The number of carbonyl (C=O) groups is 2. The second-order valence-corrected chi connectivity index (χ2v) is 11.2. The molecule has 30 heavy (non-hydrogen) atoms. The summed E-state index contributed by atoms with van der Waals surface area (Å²) in [5, 5.41) is 11.9. The normalized spacial score (nSPS) is 45.1. The number of halogens is 1. The molecule has 1 N–H and O–H groups in total. The topological polar surface area (TPSA) is 66.8 Å². The fraction of sp³-hybridized carbons (Fsp3) is 0.917. The third-order valence-electron chi connectivity index (χ3n) is 9.71. The van der Waals surface area contributed by atoms with Crippen molar-refractivity contribution in [2.75, 3.05) is 19.5 Å². The molecular formula is C24H38ClNO4. The molecule has 0 aromatic rings. The van der Waals surface area contributed by atoms with E-state index in [4.69, 9.17) is 16.3 Å². The van der Waals surface area contributed by atoms with Crippen molar-refractivity contribution in [2.24, 2.45) is 28.6 Å². The SMILES string of the molecule is CC(=O)OC1CCC2C3CCC4(O)CCCCC4(CN(C)C(=O)CCl)C3CCC12C. The summed E-state index contributed by atoms with van der Waals surface area (Å²) in [6.07, 6.45) is 10.0. The minimum absolute atomic E-state index is 0.0101. The van der Waals surface area contributed by atoms with E-state index in [-0.39, 0.29) is 34.7 Å². The smallest absolute Gasteiger partial charge is 0.302 e. The summed E-state index contributed by atoms with van der Waals surface area (Å²) in [6, 6.07) is 0. The third-order valence-corrected chi connectivity index (χ3v) is 9.94. The molecule has 4 aliphatic rings. The first-order valence-electron chi connectivity index (χ1n) is 11.9. The fourth-order valence-electron chi connectivity index (χ4n) is 8.33. The van der Waals surface area contributed by atoms with E-state index in [9.17, 15) is 14.7 Å². The fourth-order valence-corrected chi connectivity index (χ4v) is 8.53. The van der Waals surface area contributed by atoms with E-state index in [1.807, 2.05) is 7.05 Å². The Labute approximate surface area is 185 Å². The lowest BCUT2D eigenvalue weighted by molar-refractivity contribution is -0.221. The molecule has 0 saturated heterocycles. The Bertz CT molecular complexity index is 701. The van der Waals surface area contributed by atoms with E-state index < -0.39 is 5.60 Å². The van der Waals surface area contributed by atoms with Gasteiger partial charge in [0.25, 0.3) is 0 Å². The molecule has 0 aromatic heterocycles. The predicted molar refractivity (Wildman–Crippen MR) is 116 cm³/mol. The minimum Gasteiger partial charge on any atom is -0.462 e. The molecule has 7 unspecified atom stereocenters. The Balaban J connectivity index is 1.66. The van der Waals surface area contributed by atoms with Crippen LogP contribution in [0, 0.1) is 28.6 Å². The number of esters is 1. The van der Waals surface area contributed by atoms with Crippen LogP contribution in [0.3, 0.4) is 0 Å². The van der Waals surface area contributed by atoms with Crippen molar-refractivity contribution >= 4 is 23.5 Å². The van der Waals surface area contributed by atoms with Crippen LogP contribution in [0.2, 0.25) is 0 Å². The van der Waals surface area contributed by atoms with Gasteiger partial charge in [0.05, 0.1) is 5.60 Å². The van der Waals surface area contributed by atoms with Gasteiger partial charge in [-0.3, -0.25) is 9.59 Å². The van der Waals surface area contributed by atoms with Crippen molar-refractivity contribution in [3.05, 3.63) is 0 Å². The standard InChI is InChI=1S/C24H38ClNO4/c1-16(27)30-20-7-6-18-17-8-13-24(29)11-5-4-10-23(24,15-26(3)21(28)14-25)19(17)9-12-22(18,20)2/h17-20,29H,4-15H2,1-3H3. The zero-order valence-corrected chi connectivity index (χ0v) is 19.5. The van der Waals surface area contributed by atoms with Crippen LogP contribution >= 0.6 is 11.6 Å². The maximum absolute atomic E-state index is 12.4. The van der Waals surface area contributed by atoms with Crippen molar-refractivity contribution in [3.63, 3.8) is 0 Å².